The van der Waals surface area contributed by atoms with E-state index in [4.69, 9.17) is 4.74 Å². The Morgan fingerprint density at radius 1 is 1.64 bits per heavy atom. The monoisotopic (exact) mass is 230 g/mol. The van der Waals surface area contributed by atoms with E-state index in [-0.39, 0.29) is 5.97 Å². The Labute approximate surface area is 92.7 Å². The Morgan fingerprint density at radius 2 is 2.50 bits per heavy atom. The van der Waals surface area contributed by atoms with E-state index in [1.807, 2.05) is 6.92 Å². The Morgan fingerprint density at radius 3 is 3.14 bits per heavy atom. The largest absolute Gasteiger partial charge is 0.465 e. The molecule has 0 aliphatic rings. The summed E-state index contributed by atoms with van der Waals surface area (Å²) in [5.74, 6) is 1.35. The molecule has 0 unspecified atom stereocenters. The van der Waals surface area contributed by atoms with Crippen LogP contribution in [0.15, 0.2) is 17.5 Å². The van der Waals surface area contributed by atoms with Crippen LogP contribution in [0.2, 0.25) is 0 Å². The Kier molecular flexibility index (Phi) is 5.71. The van der Waals surface area contributed by atoms with Crippen molar-refractivity contribution in [1.82, 2.24) is 0 Å². The van der Waals surface area contributed by atoms with Crippen molar-refractivity contribution in [2.45, 2.75) is 13.3 Å². The van der Waals surface area contributed by atoms with Gasteiger partial charge in [0.15, 0.2) is 0 Å². The number of rotatable bonds is 6. The molecule has 2 nitrogen and oxygen atoms in total. The van der Waals surface area contributed by atoms with Crippen LogP contribution < -0.4 is 0 Å². The van der Waals surface area contributed by atoms with E-state index in [9.17, 15) is 4.79 Å². The molecule has 0 aliphatic carbocycles. The van der Waals surface area contributed by atoms with Gasteiger partial charge in [-0.2, -0.15) is 0 Å². The molecule has 0 amide bonds. The standard InChI is InChI=1S/C10H14O2S2/c1-2-12-10(11)8-13-7-5-9-4-3-6-14-9/h3-4,6H,2,5,7-8H2,1H3. The highest BCUT2D eigenvalue weighted by Gasteiger charge is 2.01. The zero-order valence-electron chi connectivity index (χ0n) is 8.19. The zero-order valence-corrected chi connectivity index (χ0v) is 9.83. The number of thioether (sulfide) groups is 1. The van der Waals surface area contributed by atoms with Gasteiger partial charge in [-0.1, -0.05) is 6.07 Å². The topological polar surface area (TPSA) is 26.3 Å². The summed E-state index contributed by atoms with van der Waals surface area (Å²) in [7, 11) is 0. The van der Waals surface area contributed by atoms with Gasteiger partial charge >= 0.3 is 5.97 Å². The van der Waals surface area contributed by atoms with Gasteiger partial charge in [-0.05, 0) is 30.5 Å². The van der Waals surface area contributed by atoms with Crippen LogP contribution in [0.3, 0.4) is 0 Å². The summed E-state index contributed by atoms with van der Waals surface area (Å²) in [4.78, 5) is 12.3. The Hall–Kier alpha value is -0.480. The second kappa shape index (κ2) is 6.90. The second-order valence-electron chi connectivity index (χ2n) is 2.69. The molecule has 1 rings (SSSR count). The number of thiophene rings is 1. The molecule has 0 saturated heterocycles. The Bertz CT molecular complexity index is 257. The number of carbonyl (C=O) groups is 1. The number of aryl methyl sites for hydroxylation is 1. The van der Waals surface area contributed by atoms with Gasteiger partial charge in [-0.25, -0.2) is 0 Å². The lowest BCUT2D eigenvalue weighted by Crippen LogP contribution is -2.07. The predicted octanol–water partition coefficient (Wildman–Crippen LogP) is 2.59. The lowest BCUT2D eigenvalue weighted by Gasteiger charge is -2.00. The number of hydrogen-bond donors (Lipinski definition) is 0. The smallest absolute Gasteiger partial charge is 0.315 e. The average Bonchev–Trinajstić information content (AvgIpc) is 2.65. The molecule has 0 N–H and O–H groups in total. The van der Waals surface area contributed by atoms with Crippen molar-refractivity contribution in [3.05, 3.63) is 22.4 Å². The van der Waals surface area contributed by atoms with Crippen molar-refractivity contribution in [1.29, 1.82) is 0 Å². The fourth-order valence-corrected chi connectivity index (χ4v) is 2.58. The molecule has 1 aromatic rings. The van der Waals surface area contributed by atoms with Gasteiger partial charge in [0, 0.05) is 4.88 Å². The number of esters is 1. The predicted molar refractivity (Wildman–Crippen MR) is 62.0 cm³/mol. The average molecular weight is 230 g/mol. The summed E-state index contributed by atoms with van der Waals surface area (Å²) in [6.07, 6.45) is 1.04. The molecule has 0 radical (unpaired) electrons. The van der Waals surface area contributed by atoms with E-state index in [1.54, 1.807) is 23.1 Å². The normalized spacial score (nSPS) is 10.1. The summed E-state index contributed by atoms with van der Waals surface area (Å²) in [5, 5.41) is 2.07. The minimum atomic E-state index is -0.108. The molecule has 0 fully saturated rings. The summed E-state index contributed by atoms with van der Waals surface area (Å²) in [6, 6.07) is 4.17. The van der Waals surface area contributed by atoms with Gasteiger partial charge in [-0.15, -0.1) is 23.1 Å². The van der Waals surface area contributed by atoms with Crippen molar-refractivity contribution in [2.24, 2.45) is 0 Å². The fraction of sp³-hybridized carbons (Fsp3) is 0.500. The second-order valence-corrected chi connectivity index (χ2v) is 4.82. The van der Waals surface area contributed by atoms with Crippen LogP contribution in [0.4, 0.5) is 0 Å². The van der Waals surface area contributed by atoms with Crippen LogP contribution in [0.25, 0.3) is 0 Å². The molecule has 0 saturated carbocycles. The van der Waals surface area contributed by atoms with Gasteiger partial charge in [0.05, 0.1) is 12.4 Å². The zero-order chi connectivity index (χ0) is 10.2. The highest BCUT2D eigenvalue weighted by atomic mass is 32.2. The van der Waals surface area contributed by atoms with Crippen LogP contribution in [0, 0.1) is 0 Å². The van der Waals surface area contributed by atoms with Crippen molar-refractivity contribution < 1.29 is 9.53 Å². The molecule has 0 aliphatic heterocycles. The maximum atomic E-state index is 11.0. The molecule has 14 heavy (non-hydrogen) atoms. The molecule has 0 bridgehead atoms. The summed E-state index contributed by atoms with van der Waals surface area (Å²) in [6.45, 7) is 2.30. The van der Waals surface area contributed by atoms with E-state index < -0.39 is 0 Å². The van der Waals surface area contributed by atoms with Crippen molar-refractivity contribution >= 4 is 29.1 Å². The molecular weight excluding hydrogens is 216 g/mol. The van der Waals surface area contributed by atoms with Crippen molar-refractivity contribution in [3.8, 4) is 0 Å². The lowest BCUT2D eigenvalue weighted by molar-refractivity contribution is -0.139. The summed E-state index contributed by atoms with van der Waals surface area (Å²) >= 11 is 3.39. The summed E-state index contributed by atoms with van der Waals surface area (Å²) in [5.41, 5.74) is 0. The van der Waals surface area contributed by atoms with E-state index >= 15 is 0 Å². The van der Waals surface area contributed by atoms with Crippen LogP contribution in [0.1, 0.15) is 11.8 Å². The van der Waals surface area contributed by atoms with Crippen LogP contribution >= 0.6 is 23.1 Å². The molecule has 0 atom stereocenters. The number of hydrogen-bond acceptors (Lipinski definition) is 4. The first kappa shape index (κ1) is 11.6. The fourth-order valence-electron chi connectivity index (χ4n) is 0.986. The number of carbonyl (C=O) groups excluding carboxylic acids is 1. The molecular formula is C10H14O2S2. The quantitative estimate of drug-likeness (QED) is 0.555. The maximum absolute atomic E-state index is 11.0. The van der Waals surface area contributed by atoms with Crippen molar-refractivity contribution in [3.63, 3.8) is 0 Å². The molecule has 1 aromatic heterocycles. The van der Waals surface area contributed by atoms with Crippen LogP contribution in [-0.4, -0.2) is 24.1 Å². The van der Waals surface area contributed by atoms with Gasteiger partial charge in [0.25, 0.3) is 0 Å². The third-order valence-corrected chi connectivity index (χ3v) is 3.47. The minimum absolute atomic E-state index is 0.108. The molecule has 4 heteroatoms. The number of ether oxygens (including phenoxy) is 1. The van der Waals surface area contributed by atoms with Crippen molar-refractivity contribution in [2.75, 3.05) is 18.1 Å². The van der Waals surface area contributed by atoms with Gasteiger partial charge in [0.2, 0.25) is 0 Å². The van der Waals surface area contributed by atoms with Gasteiger partial charge in [0.1, 0.15) is 0 Å². The first-order chi connectivity index (χ1) is 6.83. The minimum Gasteiger partial charge on any atom is -0.465 e. The van der Waals surface area contributed by atoms with E-state index in [1.165, 1.54) is 4.88 Å². The van der Waals surface area contributed by atoms with Crippen LogP contribution in [-0.2, 0) is 16.0 Å². The molecule has 0 spiro atoms. The molecule has 78 valence electrons. The third-order valence-electron chi connectivity index (χ3n) is 1.60. The first-order valence-electron chi connectivity index (χ1n) is 4.58. The highest BCUT2D eigenvalue weighted by Crippen LogP contribution is 2.12. The molecule has 1 heterocycles. The summed E-state index contributed by atoms with van der Waals surface area (Å²) < 4.78 is 4.82. The SMILES string of the molecule is CCOC(=O)CSCCc1cccs1. The Balaban J connectivity index is 2.02. The van der Waals surface area contributed by atoms with Crippen LogP contribution in [0.5, 0.6) is 0 Å². The van der Waals surface area contributed by atoms with E-state index in [0.717, 1.165) is 12.2 Å². The maximum Gasteiger partial charge on any atom is 0.315 e. The van der Waals surface area contributed by atoms with E-state index in [0.29, 0.717) is 12.4 Å². The highest BCUT2D eigenvalue weighted by molar-refractivity contribution is 7.99. The van der Waals surface area contributed by atoms with E-state index in [2.05, 4.69) is 17.5 Å². The lowest BCUT2D eigenvalue weighted by atomic mass is 10.4. The van der Waals surface area contributed by atoms with Gasteiger partial charge < -0.3 is 4.74 Å². The first-order valence-corrected chi connectivity index (χ1v) is 6.62. The third kappa shape index (κ3) is 4.67. The molecule has 0 aromatic carbocycles. The van der Waals surface area contributed by atoms with Gasteiger partial charge in [-0.3, -0.25) is 4.79 Å².